The highest BCUT2D eigenvalue weighted by Gasteiger charge is 2.18. The number of carbonyl (C=O) groups excluding carboxylic acids is 2. The zero-order valence-corrected chi connectivity index (χ0v) is 10.0. The molecular formula is C12H13ClO3. The van der Waals surface area contributed by atoms with E-state index in [2.05, 4.69) is 4.74 Å². The van der Waals surface area contributed by atoms with Crippen LogP contribution in [0.2, 0.25) is 0 Å². The van der Waals surface area contributed by atoms with Gasteiger partial charge in [-0.3, -0.25) is 4.79 Å². The van der Waals surface area contributed by atoms with E-state index in [-0.39, 0.29) is 18.1 Å². The molecule has 0 amide bonds. The summed E-state index contributed by atoms with van der Waals surface area (Å²) in [6, 6.07) is 5.09. The first-order chi connectivity index (χ1) is 7.61. The molecule has 86 valence electrons. The van der Waals surface area contributed by atoms with E-state index in [9.17, 15) is 9.59 Å². The minimum absolute atomic E-state index is 0.131. The predicted molar refractivity (Wildman–Crippen MR) is 62.2 cm³/mol. The molecule has 0 N–H and O–H groups in total. The number of ether oxygens (including phenoxy) is 1. The molecule has 0 atom stereocenters. The number of carbonyl (C=O) groups is 2. The van der Waals surface area contributed by atoms with Crippen LogP contribution in [0.5, 0.6) is 0 Å². The lowest BCUT2D eigenvalue weighted by molar-refractivity contribution is 0.0597. The highest BCUT2D eigenvalue weighted by Crippen LogP contribution is 2.17. The van der Waals surface area contributed by atoms with Crippen LogP contribution < -0.4 is 0 Å². The van der Waals surface area contributed by atoms with E-state index in [1.807, 2.05) is 0 Å². The molecule has 3 nitrogen and oxygen atoms in total. The van der Waals surface area contributed by atoms with Gasteiger partial charge in [0.15, 0.2) is 5.78 Å². The number of esters is 1. The molecule has 0 spiro atoms. The SMILES string of the molecule is COC(=O)c1cccc(C)c1C(=O)CCCl. The van der Waals surface area contributed by atoms with Crippen molar-refractivity contribution in [3.63, 3.8) is 0 Å². The molecule has 0 fully saturated rings. The van der Waals surface area contributed by atoms with Crippen LogP contribution in [0.3, 0.4) is 0 Å². The van der Waals surface area contributed by atoms with Crippen molar-refractivity contribution >= 4 is 23.4 Å². The molecule has 0 aliphatic carbocycles. The highest BCUT2D eigenvalue weighted by atomic mass is 35.5. The van der Waals surface area contributed by atoms with Crippen molar-refractivity contribution in [1.82, 2.24) is 0 Å². The van der Waals surface area contributed by atoms with E-state index in [1.165, 1.54) is 7.11 Å². The van der Waals surface area contributed by atoms with Crippen molar-refractivity contribution in [2.45, 2.75) is 13.3 Å². The zero-order valence-electron chi connectivity index (χ0n) is 9.25. The van der Waals surface area contributed by atoms with Gasteiger partial charge >= 0.3 is 5.97 Å². The fraction of sp³-hybridized carbons (Fsp3) is 0.333. The summed E-state index contributed by atoms with van der Waals surface area (Å²) in [5.41, 5.74) is 1.48. The lowest BCUT2D eigenvalue weighted by atomic mass is 9.97. The Balaban J connectivity index is 3.23. The summed E-state index contributed by atoms with van der Waals surface area (Å²) in [5, 5.41) is 0. The van der Waals surface area contributed by atoms with Crippen LogP contribution in [0.25, 0.3) is 0 Å². The normalized spacial score (nSPS) is 9.94. The summed E-state index contributed by atoms with van der Waals surface area (Å²) >= 11 is 5.53. The lowest BCUT2D eigenvalue weighted by Gasteiger charge is -2.09. The Morgan fingerprint density at radius 1 is 1.38 bits per heavy atom. The third-order valence-corrected chi connectivity index (χ3v) is 2.47. The number of benzene rings is 1. The quantitative estimate of drug-likeness (QED) is 0.462. The molecule has 1 rings (SSSR count). The first-order valence-electron chi connectivity index (χ1n) is 4.89. The fourth-order valence-corrected chi connectivity index (χ4v) is 1.70. The molecule has 0 aliphatic heterocycles. The van der Waals surface area contributed by atoms with E-state index < -0.39 is 5.97 Å². The maximum absolute atomic E-state index is 11.8. The summed E-state index contributed by atoms with van der Waals surface area (Å²) in [7, 11) is 1.29. The Morgan fingerprint density at radius 3 is 2.62 bits per heavy atom. The van der Waals surface area contributed by atoms with Gasteiger partial charge in [-0.05, 0) is 18.6 Å². The highest BCUT2D eigenvalue weighted by molar-refractivity contribution is 6.20. The largest absolute Gasteiger partial charge is 0.465 e. The van der Waals surface area contributed by atoms with Gasteiger partial charge in [0, 0.05) is 17.9 Å². The Morgan fingerprint density at radius 2 is 2.06 bits per heavy atom. The molecule has 0 aliphatic rings. The summed E-state index contributed by atoms with van der Waals surface area (Å²) in [6.45, 7) is 1.79. The molecule has 0 saturated heterocycles. The fourth-order valence-electron chi connectivity index (χ4n) is 1.53. The third-order valence-electron chi connectivity index (χ3n) is 2.28. The van der Waals surface area contributed by atoms with Crippen molar-refractivity contribution in [3.8, 4) is 0 Å². The van der Waals surface area contributed by atoms with Crippen molar-refractivity contribution in [3.05, 3.63) is 34.9 Å². The summed E-state index contributed by atoms with van der Waals surface area (Å²) in [6.07, 6.45) is 0.219. The van der Waals surface area contributed by atoms with Gasteiger partial charge in [0.1, 0.15) is 0 Å². The maximum atomic E-state index is 11.8. The van der Waals surface area contributed by atoms with Gasteiger partial charge in [0.25, 0.3) is 0 Å². The van der Waals surface area contributed by atoms with E-state index >= 15 is 0 Å². The molecule has 0 heterocycles. The monoisotopic (exact) mass is 240 g/mol. The summed E-state index contributed by atoms with van der Waals surface area (Å²) < 4.78 is 4.64. The van der Waals surface area contributed by atoms with Gasteiger partial charge < -0.3 is 4.74 Å². The number of aryl methyl sites for hydroxylation is 1. The number of hydrogen-bond acceptors (Lipinski definition) is 3. The first-order valence-corrected chi connectivity index (χ1v) is 5.42. The van der Waals surface area contributed by atoms with Crippen molar-refractivity contribution < 1.29 is 14.3 Å². The molecule has 0 radical (unpaired) electrons. The number of halogens is 1. The number of ketones is 1. The van der Waals surface area contributed by atoms with Crippen molar-refractivity contribution in [2.24, 2.45) is 0 Å². The van der Waals surface area contributed by atoms with Gasteiger partial charge in [0.2, 0.25) is 0 Å². The number of alkyl halides is 1. The standard InChI is InChI=1S/C12H13ClO3/c1-8-4-3-5-9(12(15)16-2)11(8)10(14)6-7-13/h3-5H,6-7H2,1-2H3. The minimum atomic E-state index is -0.498. The Hall–Kier alpha value is -1.35. The van der Waals surface area contributed by atoms with E-state index in [4.69, 9.17) is 11.6 Å². The second kappa shape index (κ2) is 5.66. The third kappa shape index (κ3) is 2.61. The average molecular weight is 241 g/mol. The van der Waals surface area contributed by atoms with Gasteiger partial charge in [0.05, 0.1) is 12.7 Å². The number of hydrogen-bond donors (Lipinski definition) is 0. The smallest absolute Gasteiger partial charge is 0.338 e. The first kappa shape index (κ1) is 12.7. The van der Waals surface area contributed by atoms with Gasteiger partial charge in [-0.1, -0.05) is 12.1 Å². The molecule has 1 aromatic carbocycles. The number of methoxy groups -OCH3 is 1. The summed E-state index contributed by atoms with van der Waals surface area (Å²) in [4.78, 5) is 23.3. The van der Waals surface area contributed by atoms with E-state index in [0.717, 1.165) is 5.56 Å². The van der Waals surface area contributed by atoms with Crippen LogP contribution in [0.1, 0.15) is 32.7 Å². The average Bonchev–Trinajstić information content (AvgIpc) is 2.27. The van der Waals surface area contributed by atoms with Crippen molar-refractivity contribution in [1.29, 1.82) is 0 Å². The molecule has 0 bridgehead atoms. The Bertz CT molecular complexity index is 413. The van der Waals surface area contributed by atoms with Crippen LogP contribution in [-0.2, 0) is 4.74 Å². The van der Waals surface area contributed by atoms with Crippen LogP contribution in [0, 0.1) is 6.92 Å². The second-order valence-corrected chi connectivity index (χ2v) is 3.73. The van der Waals surface area contributed by atoms with Crippen LogP contribution >= 0.6 is 11.6 Å². The Labute approximate surface area is 99.4 Å². The summed E-state index contributed by atoms with van der Waals surface area (Å²) in [5.74, 6) is -0.386. The topological polar surface area (TPSA) is 43.4 Å². The van der Waals surface area contributed by atoms with E-state index in [1.54, 1.807) is 25.1 Å². The molecular weight excluding hydrogens is 228 g/mol. The van der Waals surface area contributed by atoms with Crippen LogP contribution in [0.15, 0.2) is 18.2 Å². The minimum Gasteiger partial charge on any atom is -0.465 e. The number of Topliss-reactive ketones (excluding diaryl/α,β-unsaturated/α-hetero) is 1. The van der Waals surface area contributed by atoms with Crippen LogP contribution in [-0.4, -0.2) is 24.7 Å². The van der Waals surface area contributed by atoms with Gasteiger partial charge in [-0.25, -0.2) is 4.79 Å². The Kier molecular flexibility index (Phi) is 4.50. The molecule has 16 heavy (non-hydrogen) atoms. The second-order valence-electron chi connectivity index (χ2n) is 3.35. The maximum Gasteiger partial charge on any atom is 0.338 e. The molecule has 0 aromatic heterocycles. The van der Waals surface area contributed by atoms with E-state index in [0.29, 0.717) is 11.1 Å². The molecule has 0 unspecified atom stereocenters. The number of rotatable bonds is 4. The molecule has 0 saturated carbocycles. The molecule has 1 aromatic rings. The van der Waals surface area contributed by atoms with Crippen molar-refractivity contribution in [2.75, 3.05) is 13.0 Å². The van der Waals surface area contributed by atoms with Crippen LogP contribution in [0.4, 0.5) is 0 Å². The predicted octanol–water partition coefficient (Wildman–Crippen LogP) is 2.59. The molecule has 4 heteroatoms. The lowest BCUT2D eigenvalue weighted by Crippen LogP contribution is -2.12. The van der Waals surface area contributed by atoms with Gasteiger partial charge in [-0.15, -0.1) is 11.6 Å². The zero-order chi connectivity index (χ0) is 12.1. The van der Waals surface area contributed by atoms with Gasteiger partial charge in [-0.2, -0.15) is 0 Å².